The van der Waals surface area contributed by atoms with E-state index in [0.29, 0.717) is 24.3 Å². The number of esters is 2. The third-order valence-corrected chi connectivity index (χ3v) is 2.97. The first-order valence-electron chi connectivity index (χ1n) is 6.91. The first-order chi connectivity index (χ1) is 9.75. The quantitative estimate of drug-likeness (QED) is 0.413. The fourth-order valence-electron chi connectivity index (χ4n) is 1.93. The Morgan fingerprint density at radius 3 is 1.65 bits per heavy atom. The van der Waals surface area contributed by atoms with Crippen LogP contribution < -0.4 is 9.47 Å². The van der Waals surface area contributed by atoms with E-state index < -0.39 is 0 Å². The van der Waals surface area contributed by atoms with Crippen LogP contribution in [0.5, 0.6) is 11.5 Å². The molecule has 0 bridgehead atoms. The number of allylic oxidation sites excluding steroid dienone is 2. The molecule has 0 radical (unpaired) electrons. The lowest BCUT2D eigenvalue weighted by molar-refractivity contribution is -0.137. The largest absolute Gasteiger partial charge is 0.423 e. The smallest absolute Gasteiger partial charge is 0.311 e. The van der Waals surface area contributed by atoms with Crippen molar-refractivity contribution in [3.63, 3.8) is 0 Å². The SMILES string of the molecule is O=C1CCC/C=C\CCCC(=O)Oc2ccccc2O1. The van der Waals surface area contributed by atoms with Crippen LogP contribution in [0, 0.1) is 0 Å². The fourth-order valence-corrected chi connectivity index (χ4v) is 1.93. The van der Waals surface area contributed by atoms with E-state index in [2.05, 4.69) is 0 Å². The molecule has 106 valence electrons. The minimum Gasteiger partial charge on any atom is -0.423 e. The third kappa shape index (κ3) is 4.53. The van der Waals surface area contributed by atoms with Gasteiger partial charge in [-0.15, -0.1) is 0 Å². The van der Waals surface area contributed by atoms with Crippen molar-refractivity contribution >= 4 is 11.9 Å². The highest BCUT2D eigenvalue weighted by Gasteiger charge is 2.13. The van der Waals surface area contributed by atoms with Gasteiger partial charge in [0.25, 0.3) is 0 Å². The van der Waals surface area contributed by atoms with Gasteiger partial charge in [0.05, 0.1) is 0 Å². The van der Waals surface area contributed by atoms with E-state index in [1.54, 1.807) is 24.3 Å². The van der Waals surface area contributed by atoms with Crippen molar-refractivity contribution in [2.45, 2.75) is 38.5 Å². The van der Waals surface area contributed by atoms with Crippen LogP contribution in [-0.2, 0) is 9.59 Å². The van der Waals surface area contributed by atoms with E-state index in [1.807, 2.05) is 12.2 Å². The molecule has 0 N–H and O–H groups in total. The first kappa shape index (κ1) is 14.3. The number of para-hydroxylation sites is 2. The summed E-state index contributed by atoms with van der Waals surface area (Å²) in [5, 5.41) is 0. The highest BCUT2D eigenvalue weighted by atomic mass is 16.6. The van der Waals surface area contributed by atoms with Gasteiger partial charge in [-0.3, -0.25) is 9.59 Å². The minimum atomic E-state index is -0.307. The summed E-state index contributed by atoms with van der Waals surface area (Å²) in [6.45, 7) is 0. The number of rotatable bonds is 0. The molecular formula is C16H18O4. The van der Waals surface area contributed by atoms with Crippen molar-refractivity contribution in [2.75, 3.05) is 0 Å². The number of ether oxygens (including phenoxy) is 2. The number of carbonyl (C=O) groups is 2. The molecule has 20 heavy (non-hydrogen) atoms. The molecule has 0 spiro atoms. The topological polar surface area (TPSA) is 52.6 Å². The third-order valence-electron chi connectivity index (χ3n) is 2.97. The summed E-state index contributed by atoms with van der Waals surface area (Å²) < 4.78 is 10.5. The van der Waals surface area contributed by atoms with Gasteiger partial charge in [-0.25, -0.2) is 0 Å². The zero-order valence-corrected chi connectivity index (χ0v) is 11.3. The molecule has 0 saturated heterocycles. The van der Waals surface area contributed by atoms with E-state index >= 15 is 0 Å². The fraction of sp³-hybridized carbons (Fsp3) is 0.375. The van der Waals surface area contributed by atoms with Crippen LogP contribution in [0.1, 0.15) is 38.5 Å². The molecule has 0 amide bonds. The van der Waals surface area contributed by atoms with Crippen molar-refractivity contribution < 1.29 is 19.1 Å². The van der Waals surface area contributed by atoms with Gasteiger partial charge in [0, 0.05) is 12.8 Å². The summed E-state index contributed by atoms with van der Waals surface area (Å²) in [4.78, 5) is 23.4. The predicted octanol–water partition coefficient (Wildman–Crippen LogP) is 3.41. The molecule has 0 fully saturated rings. The second-order valence-electron chi connectivity index (χ2n) is 4.65. The molecule has 1 aliphatic heterocycles. The molecule has 1 aromatic carbocycles. The average molecular weight is 274 g/mol. The molecule has 1 aliphatic rings. The highest BCUT2D eigenvalue weighted by Crippen LogP contribution is 2.27. The lowest BCUT2D eigenvalue weighted by Crippen LogP contribution is -2.12. The number of hydrogen-bond acceptors (Lipinski definition) is 4. The van der Waals surface area contributed by atoms with Gasteiger partial charge < -0.3 is 9.47 Å². The van der Waals surface area contributed by atoms with Crippen LogP contribution in [0.2, 0.25) is 0 Å². The molecule has 4 nitrogen and oxygen atoms in total. The Kier molecular flexibility index (Phi) is 5.35. The maximum absolute atomic E-state index is 11.7. The van der Waals surface area contributed by atoms with Gasteiger partial charge in [-0.2, -0.15) is 0 Å². The Labute approximate surface area is 118 Å². The monoisotopic (exact) mass is 274 g/mol. The molecule has 0 saturated carbocycles. The molecule has 0 aromatic heterocycles. The standard InChI is InChI=1S/C16H18O4/c17-15-11-5-3-1-2-4-6-12-16(18)20-14-10-8-7-9-13(14)19-15/h1-2,7-10H,3-6,11-12H2/b2-1-. The summed E-state index contributed by atoms with van der Waals surface area (Å²) >= 11 is 0. The maximum Gasteiger partial charge on any atom is 0.311 e. The van der Waals surface area contributed by atoms with Crippen LogP contribution in [0.3, 0.4) is 0 Å². The molecule has 0 atom stereocenters. The molecule has 1 heterocycles. The zero-order valence-electron chi connectivity index (χ0n) is 11.3. The normalized spacial score (nSPS) is 19.2. The van der Waals surface area contributed by atoms with Gasteiger partial charge >= 0.3 is 11.9 Å². The van der Waals surface area contributed by atoms with Gasteiger partial charge in [0.15, 0.2) is 11.5 Å². The second kappa shape index (κ2) is 7.48. The van der Waals surface area contributed by atoms with Crippen LogP contribution >= 0.6 is 0 Å². The molecule has 0 unspecified atom stereocenters. The Morgan fingerprint density at radius 1 is 0.750 bits per heavy atom. The molecule has 4 heteroatoms. The molecule has 1 aromatic rings. The molecule has 0 aliphatic carbocycles. The minimum absolute atomic E-state index is 0.304. The lowest BCUT2D eigenvalue weighted by atomic mass is 10.2. The van der Waals surface area contributed by atoms with Crippen molar-refractivity contribution in [1.29, 1.82) is 0 Å². The lowest BCUT2D eigenvalue weighted by Gasteiger charge is -2.10. The van der Waals surface area contributed by atoms with Gasteiger partial charge in [-0.1, -0.05) is 24.3 Å². The maximum atomic E-state index is 11.7. The summed E-state index contributed by atoms with van der Waals surface area (Å²) in [7, 11) is 0. The van der Waals surface area contributed by atoms with E-state index in [-0.39, 0.29) is 11.9 Å². The Morgan fingerprint density at radius 2 is 1.20 bits per heavy atom. The number of benzene rings is 1. The van der Waals surface area contributed by atoms with Crippen LogP contribution in [0.25, 0.3) is 0 Å². The summed E-state index contributed by atoms with van der Waals surface area (Å²) in [6.07, 6.45) is 8.01. The van der Waals surface area contributed by atoms with Crippen molar-refractivity contribution in [2.24, 2.45) is 0 Å². The Hall–Kier alpha value is -2.10. The number of fused-ring (bicyclic) bond motifs is 1. The zero-order chi connectivity index (χ0) is 14.2. The van der Waals surface area contributed by atoms with Gasteiger partial charge in [0.1, 0.15) is 0 Å². The number of carbonyl (C=O) groups excluding carboxylic acids is 2. The van der Waals surface area contributed by atoms with Crippen molar-refractivity contribution in [3.05, 3.63) is 36.4 Å². The van der Waals surface area contributed by atoms with E-state index in [9.17, 15) is 9.59 Å². The average Bonchev–Trinajstić information content (AvgIpc) is 2.43. The van der Waals surface area contributed by atoms with E-state index in [1.165, 1.54) is 0 Å². The highest BCUT2D eigenvalue weighted by molar-refractivity contribution is 5.76. The number of hydrogen-bond donors (Lipinski definition) is 0. The Bertz CT molecular complexity index is 460. The van der Waals surface area contributed by atoms with Crippen LogP contribution in [0.4, 0.5) is 0 Å². The summed E-state index contributed by atoms with van der Waals surface area (Å²) in [6, 6.07) is 6.75. The van der Waals surface area contributed by atoms with Crippen LogP contribution in [0.15, 0.2) is 36.4 Å². The van der Waals surface area contributed by atoms with Gasteiger partial charge in [0.2, 0.25) is 0 Å². The first-order valence-corrected chi connectivity index (χ1v) is 6.91. The Balaban J connectivity index is 2.12. The predicted molar refractivity (Wildman–Crippen MR) is 74.6 cm³/mol. The van der Waals surface area contributed by atoms with Crippen LogP contribution in [-0.4, -0.2) is 11.9 Å². The summed E-state index contributed by atoms with van der Waals surface area (Å²) in [5.74, 6) is -0.00480. The van der Waals surface area contributed by atoms with E-state index in [4.69, 9.17) is 9.47 Å². The second-order valence-corrected chi connectivity index (χ2v) is 4.65. The van der Waals surface area contributed by atoms with Crippen molar-refractivity contribution in [1.82, 2.24) is 0 Å². The van der Waals surface area contributed by atoms with Gasteiger partial charge in [-0.05, 0) is 37.8 Å². The molecule has 2 rings (SSSR count). The van der Waals surface area contributed by atoms with E-state index in [0.717, 1.165) is 25.7 Å². The van der Waals surface area contributed by atoms with Crippen molar-refractivity contribution in [3.8, 4) is 11.5 Å². The molecular weight excluding hydrogens is 256 g/mol. The summed E-state index contributed by atoms with van der Waals surface area (Å²) in [5.41, 5.74) is 0.